The van der Waals surface area contributed by atoms with E-state index in [2.05, 4.69) is 4.98 Å². The summed E-state index contributed by atoms with van der Waals surface area (Å²) in [6.45, 7) is 0.487. The van der Waals surface area contributed by atoms with Crippen LogP contribution in [0.15, 0.2) is 47.4 Å². The molecule has 1 aliphatic rings. The number of carbonyl (C=O) groups is 1. The van der Waals surface area contributed by atoms with Crippen LogP contribution in [0.25, 0.3) is 0 Å². The van der Waals surface area contributed by atoms with Crippen molar-refractivity contribution >= 4 is 5.91 Å². The van der Waals surface area contributed by atoms with E-state index in [1.54, 1.807) is 23.1 Å². The minimum absolute atomic E-state index is 0.161. The Balaban J connectivity index is 1.75. The van der Waals surface area contributed by atoms with E-state index in [4.69, 9.17) is 0 Å². The number of nitrogens with one attached hydrogen (secondary N) is 1. The number of nitrogens with zero attached hydrogens (tertiary/aromatic N) is 1. The zero-order valence-electron chi connectivity index (χ0n) is 12.1. The van der Waals surface area contributed by atoms with Crippen LogP contribution in [0.5, 0.6) is 0 Å². The lowest BCUT2D eigenvalue weighted by atomic mass is 10.1. The van der Waals surface area contributed by atoms with E-state index in [1.807, 2.05) is 6.07 Å². The number of H-pyrrole nitrogens is 1. The van der Waals surface area contributed by atoms with Gasteiger partial charge in [-0.2, -0.15) is 0 Å². The first-order valence-corrected chi connectivity index (χ1v) is 7.38. The summed E-state index contributed by atoms with van der Waals surface area (Å²) >= 11 is 0. The molecule has 0 saturated heterocycles. The van der Waals surface area contributed by atoms with Crippen LogP contribution in [0.1, 0.15) is 28.8 Å². The molecule has 0 bridgehead atoms. The maximum atomic E-state index is 13.2. The Morgan fingerprint density at radius 1 is 1.27 bits per heavy atom. The third-order valence-corrected chi connectivity index (χ3v) is 3.83. The van der Waals surface area contributed by atoms with Crippen molar-refractivity contribution in [2.24, 2.45) is 0 Å². The first-order chi connectivity index (χ1) is 10.6. The van der Waals surface area contributed by atoms with Crippen LogP contribution in [0.3, 0.4) is 0 Å². The summed E-state index contributed by atoms with van der Waals surface area (Å²) in [5.41, 5.74) is 0.637. The highest BCUT2D eigenvalue weighted by molar-refractivity contribution is 5.94. The fraction of sp³-hybridized carbons (Fsp3) is 0.294. The van der Waals surface area contributed by atoms with Crippen molar-refractivity contribution in [3.8, 4) is 0 Å². The summed E-state index contributed by atoms with van der Waals surface area (Å²) in [6, 6.07) is 9.76. The molecule has 3 rings (SSSR count). The highest BCUT2D eigenvalue weighted by Crippen LogP contribution is 2.28. The summed E-state index contributed by atoms with van der Waals surface area (Å²) in [5.74, 6) is -0.526. The Hall–Kier alpha value is -2.43. The molecule has 22 heavy (non-hydrogen) atoms. The number of hydrogen-bond donors (Lipinski definition) is 1. The molecule has 0 spiro atoms. The molecule has 1 aromatic carbocycles. The van der Waals surface area contributed by atoms with Crippen molar-refractivity contribution in [2.45, 2.75) is 25.3 Å². The molecule has 1 N–H and O–H groups in total. The van der Waals surface area contributed by atoms with Gasteiger partial charge in [-0.05, 0) is 49.1 Å². The molecule has 1 amide bonds. The zero-order valence-corrected chi connectivity index (χ0v) is 12.1. The normalized spacial score (nSPS) is 13.9. The third kappa shape index (κ3) is 3.24. The molecule has 5 heteroatoms. The summed E-state index contributed by atoms with van der Waals surface area (Å²) < 4.78 is 13.2. The molecule has 1 saturated carbocycles. The van der Waals surface area contributed by atoms with Crippen LogP contribution in [0.4, 0.5) is 4.39 Å². The Morgan fingerprint density at radius 2 is 2.09 bits per heavy atom. The Labute approximate surface area is 127 Å². The molecule has 1 aliphatic carbocycles. The summed E-state index contributed by atoms with van der Waals surface area (Å²) in [6.07, 6.45) is 4.00. The molecule has 1 fully saturated rings. The number of carbonyl (C=O) groups excluding carboxylic acids is 1. The summed E-state index contributed by atoms with van der Waals surface area (Å²) in [5, 5.41) is 0. The SMILES string of the molecule is O=C(c1ccc[nH]c1=O)N(CCc1cccc(F)c1)C1CC1. The number of aromatic amines is 1. The number of halogens is 1. The first kappa shape index (κ1) is 14.5. The van der Waals surface area contributed by atoms with E-state index in [0.29, 0.717) is 13.0 Å². The molecular weight excluding hydrogens is 283 g/mol. The largest absolute Gasteiger partial charge is 0.335 e. The molecule has 2 aromatic rings. The molecule has 114 valence electrons. The van der Waals surface area contributed by atoms with E-state index < -0.39 is 0 Å². The predicted molar refractivity (Wildman–Crippen MR) is 81.2 cm³/mol. The number of rotatable bonds is 5. The van der Waals surface area contributed by atoms with Crippen LogP contribution in [-0.2, 0) is 6.42 Å². The number of aromatic nitrogens is 1. The van der Waals surface area contributed by atoms with Crippen molar-refractivity contribution < 1.29 is 9.18 Å². The zero-order chi connectivity index (χ0) is 15.5. The lowest BCUT2D eigenvalue weighted by Crippen LogP contribution is -2.37. The monoisotopic (exact) mass is 300 g/mol. The highest BCUT2D eigenvalue weighted by atomic mass is 19.1. The van der Waals surface area contributed by atoms with Crippen molar-refractivity contribution in [3.05, 3.63) is 69.9 Å². The van der Waals surface area contributed by atoms with Gasteiger partial charge in [-0.1, -0.05) is 12.1 Å². The average molecular weight is 300 g/mol. The Morgan fingerprint density at radius 3 is 2.77 bits per heavy atom. The Kier molecular flexibility index (Phi) is 4.04. The van der Waals surface area contributed by atoms with Crippen LogP contribution in [-0.4, -0.2) is 28.4 Å². The standard InChI is InChI=1S/C17H17FN2O2/c18-13-4-1-3-12(11-13)8-10-20(14-6-7-14)17(22)15-5-2-9-19-16(15)21/h1-5,9,11,14H,6-8,10H2,(H,19,21). The predicted octanol–water partition coefficient (Wildman–Crippen LogP) is 2.36. The van der Waals surface area contributed by atoms with E-state index in [0.717, 1.165) is 18.4 Å². The van der Waals surface area contributed by atoms with E-state index >= 15 is 0 Å². The molecule has 0 aliphatic heterocycles. The number of pyridine rings is 1. The molecular formula is C17H17FN2O2. The lowest BCUT2D eigenvalue weighted by molar-refractivity contribution is 0.0743. The van der Waals surface area contributed by atoms with Crippen molar-refractivity contribution in [3.63, 3.8) is 0 Å². The van der Waals surface area contributed by atoms with Crippen LogP contribution >= 0.6 is 0 Å². The van der Waals surface area contributed by atoms with Gasteiger partial charge in [-0.3, -0.25) is 9.59 Å². The third-order valence-electron chi connectivity index (χ3n) is 3.83. The number of hydrogen-bond acceptors (Lipinski definition) is 2. The summed E-state index contributed by atoms with van der Waals surface area (Å²) in [7, 11) is 0. The molecule has 0 atom stereocenters. The van der Waals surface area contributed by atoms with E-state index in [-0.39, 0.29) is 28.9 Å². The van der Waals surface area contributed by atoms with Crippen molar-refractivity contribution in [1.82, 2.24) is 9.88 Å². The first-order valence-electron chi connectivity index (χ1n) is 7.38. The summed E-state index contributed by atoms with van der Waals surface area (Å²) in [4.78, 5) is 28.6. The fourth-order valence-electron chi connectivity index (χ4n) is 2.52. The van der Waals surface area contributed by atoms with Gasteiger partial charge in [-0.25, -0.2) is 4.39 Å². The second-order valence-corrected chi connectivity index (χ2v) is 5.52. The van der Waals surface area contributed by atoms with E-state index in [9.17, 15) is 14.0 Å². The van der Waals surface area contributed by atoms with Crippen molar-refractivity contribution in [2.75, 3.05) is 6.54 Å². The molecule has 1 heterocycles. The van der Waals surface area contributed by atoms with Gasteiger partial charge < -0.3 is 9.88 Å². The molecule has 0 radical (unpaired) electrons. The molecule has 1 aromatic heterocycles. The van der Waals surface area contributed by atoms with Gasteiger partial charge in [0.05, 0.1) is 0 Å². The minimum Gasteiger partial charge on any atom is -0.335 e. The number of benzene rings is 1. The minimum atomic E-state index is -0.371. The Bertz CT molecular complexity index is 737. The van der Waals surface area contributed by atoms with Gasteiger partial charge in [0.25, 0.3) is 11.5 Å². The maximum absolute atomic E-state index is 13.2. The van der Waals surface area contributed by atoms with Gasteiger partial charge in [-0.15, -0.1) is 0 Å². The highest BCUT2D eigenvalue weighted by Gasteiger charge is 2.33. The average Bonchev–Trinajstić information content (AvgIpc) is 3.32. The van der Waals surface area contributed by atoms with Gasteiger partial charge in [0.1, 0.15) is 11.4 Å². The van der Waals surface area contributed by atoms with E-state index in [1.165, 1.54) is 18.3 Å². The molecule has 0 unspecified atom stereocenters. The maximum Gasteiger partial charge on any atom is 0.260 e. The van der Waals surface area contributed by atoms with Crippen LogP contribution in [0.2, 0.25) is 0 Å². The van der Waals surface area contributed by atoms with Gasteiger partial charge in [0.15, 0.2) is 0 Å². The lowest BCUT2D eigenvalue weighted by Gasteiger charge is -2.22. The topological polar surface area (TPSA) is 53.2 Å². The van der Waals surface area contributed by atoms with Crippen LogP contribution in [0, 0.1) is 5.82 Å². The smallest absolute Gasteiger partial charge is 0.260 e. The van der Waals surface area contributed by atoms with Crippen molar-refractivity contribution in [1.29, 1.82) is 0 Å². The molecule has 4 nitrogen and oxygen atoms in total. The second kappa shape index (κ2) is 6.13. The number of amides is 1. The van der Waals surface area contributed by atoms with Gasteiger partial charge in [0.2, 0.25) is 0 Å². The van der Waals surface area contributed by atoms with Gasteiger partial charge in [0, 0.05) is 18.8 Å². The van der Waals surface area contributed by atoms with Gasteiger partial charge >= 0.3 is 0 Å². The quantitative estimate of drug-likeness (QED) is 0.921. The second-order valence-electron chi connectivity index (χ2n) is 5.52. The van der Waals surface area contributed by atoms with Crippen LogP contribution < -0.4 is 5.56 Å². The fourth-order valence-corrected chi connectivity index (χ4v) is 2.52.